The van der Waals surface area contributed by atoms with E-state index in [1.54, 1.807) is 11.8 Å². The lowest BCUT2D eigenvalue weighted by atomic mass is 10.2. The van der Waals surface area contributed by atoms with E-state index >= 15 is 0 Å². The molecule has 0 atom stereocenters. The molecule has 0 aliphatic rings. The maximum absolute atomic E-state index is 11.0. The van der Waals surface area contributed by atoms with Gasteiger partial charge in [0.25, 0.3) is 0 Å². The third-order valence-electron chi connectivity index (χ3n) is 2.70. The van der Waals surface area contributed by atoms with Gasteiger partial charge in [-0.05, 0) is 30.2 Å². The lowest BCUT2D eigenvalue weighted by Crippen LogP contribution is -2.19. The Balaban J connectivity index is 2.44. The predicted molar refractivity (Wildman–Crippen MR) is 88.0 cm³/mol. The van der Waals surface area contributed by atoms with Crippen molar-refractivity contribution >= 4 is 33.7 Å². The first-order valence-corrected chi connectivity index (χ1v) is 8.49. The number of carbonyl (C=O) groups excluding carboxylic acids is 1. The normalized spacial score (nSPS) is 10.8. The zero-order valence-electron chi connectivity index (χ0n) is 12.2. The summed E-state index contributed by atoms with van der Waals surface area (Å²) in [4.78, 5) is 12.2. The van der Waals surface area contributed by atoms with Gasteiger partial charge in [-0.3, -0.25) is 4.79 Å². The van der Waals surface area contributed by atoms with Crippen molar-refractivity contribution in [1.82, 2.24) is 5.32 Å². The number of carbonyl (C=O) groups is 1. The summed E-state index contributed by atoms with van der Waals surface area (Å²) in [5.74, 6) is 1.23. The summed E-state index contributed by atoms with van der Waals surface area (Å²) in [6.45, 7) is 6.28. The zero-order chi connectivity index (χ0) is 15.0. The molecule has 0 aromatic heterocycles. The second-order valence-corrected chi connectivity index (χ2v) is 6.98. The van der Waals surface area contributed by atoms with Crippen LogP contribution in [0.15, 0.2) is 27.6 Å². The molecule has 0 bridgehead atoms. The molecule has 5 heteroatoms. The first-order chi connectivity index (χ1) is 9.52. The molecule has 1 rings (SSSR count). The van der Waals surface area contributed by atoms with E-state index in [0.717, 1.165) is 28.2 Å². The van der Waals surface area contributed by atoms with Crippen LogP contribution in [0.25, 0.3) is 0 Å². The molecule has 0 unspecified atom stereocenters. The van der Waals surface area contributed by atoms with Gasteiger partial charge in [-0.25, -0.2) is 0 Å². The summed E-state index contributed by atoms with van der Waals surface area (Å²) in [6, 6.07) is 6.32. The van der Waals surface area contributed by atoms with Gasteiger partial charge >= 0.3 is 5.97 Å². The van der Waals surface area contributed by atoms with Crippen molar-refractivity contribution < 1.29 is 9.53 Å². The van der Waals surface area contributed by atoms with Crippen LogP contribution in [0.2, 0.25) is 0 Å². The van der Waals surface area contributed by atoms with Crippen molar-refractivity contribution in [1.29, 1.82) is 0 Å². The Morgan fingerprint density at radius 2 is 2.20 bits per heavy atom. The average molecular weight is 360 g/mol. The molecule has 0 spiro atoms. The second-order valence-electron chi connectivity index (χ2n) is 4.95. The number of hydrogen-bond donors (Lipinski definition) is 1. The van der Waals surface area contributed by atoms with Gasteiger partial charge in [0, 0.05) is 21.7 Å². The Hall–Kier alpha value is -0.520. The number of nitrogens with one attached hydrogen (secondary N) is 1. The highest BCUT2D eigenvalue weighted by Gasteiger charge is 2.04. The van der Waals surface area contributed by atoms with Crippen LogP contribution in [0.4, 0.5) is 0 Å². The largest absolute Gasteiger partial charge is 0.469 e. The van der Waals surface area contributed by atoms with Gasteiger partial charge < -0.3 is 10.1 Å². The number of halogens is 1. The minimum atomic E-state index is -0.161. The molecule has 0 fully saturated rings. The molecule has 20 heavy (non-hydrogen) atoms. The van der Waals surface area contributed by atoms with E-state index < -0.39 is 0 Å². The van der Waals surface area contributed by atoms with E-state index in [2.05, 4.69) is 58.0 Å². The Bertz CT molecular complexity index is 438. The molecular weight excluding hydrogens is 338 g/mol. The molecule has 1 aromatic carbocycles. The van der Waals surface area contributed by atoms with Crippen molar-refractivity contribution in [3.8, 4) is 0 Å². The van der Waals surface area contributed by atoms with E-state index in [1.807, 2.05) is 0 Å². The summed E-state index contributed by atoms with van der Waals surface area (Å²) in [6.07, 6.45) is 0.441. The van der Waals surface area contributed by atoms with E-state index in [9.17, 15) is 4.79 Å². The van der Waals surface area contributed by atoms with Gasteiger partial charge in [0.15, 0.2) is 0 Å². The second kappa shape index (κ2) is 9.42. The Kier molecular flexibility index (Phi) is 8.26. The van der Waals surface area contributed by atoms with Gasteiger partial charge in [-0.1, -0.05) is 35.8 Å². The fourth-order valence-electron chi connectivity index (χ4n) is 1.61. The molecule has 0 aliphatic heterocycles. The Labute approximate surface area is 134 Å². The summed E-state index contributed by atoms with van der Waals surface area (Å²) < 4.78 is 5.73. The fraction of sp³-hybridized carbons (Fsp3) is 0.533. The quantitative estimate of drug-likeness (QED) is 0.565. The van der Waals surface area contributed by atoms with Gasteiger partial charge in [-0.2, -0.15) is 0 Å². The number of benzene rings is 1. The minimum Gasteiger partial charge on any atom is -0.469 e. The van der Waals surface area contributed by atoms with Gasteiger partial charge in [0.05, 0.1) is 13.5 Å². The maximum atomic E-state index is 11.0. The van der Waals surface area contributed by atoms with E-state index in [-0.39, 0.29) is 5.97 Å². The maximum Gasteiger partial charge on any atom is 0.306 e. The lowest BCUT2D eigenvalue weighted by Gasteiger charge is -2.10. The number of esters is 1. The number of hydrogen-bond acceptors (Lipinski definition) is 4. The average Bonchev–Trinajstić information content (AvgIpc) is 2.40. The van der Waals surface area contributed by atoms with E-state index in [4.69, 9.17) is 0 Å². The standard InChI is InChI=1S/C15H22BrNO2S/c1-11(2)9-17-10-12-4-5-13(8-14(12)16)20-7-6-15(18)19-3/h4-5,8,11,17H,6-7,9-10H2,1-3H3. The smallest absolute Gasteiger partial charge is 0.306 e. The lowest BCUT2D eigenvalue weighted by molar-refractivity contribution is -0.140. The number of ether oxygens (including phenoxy) is 1. The van der Waals surface area contributed by atoms with E-state index in [1.165, 1.54) is 12.7 Å². The zero-order valence-corrected chi connectivity index (χ0v) is 14.6. The van der Waals surface area contributed by atoms with Gasteiger partial charge in [-0.15, -0.1) is 11.8 Å². The first kappa shape index (κ1) is 17.5. The molecule has 1 aromatic rings. The van der Waals surface area contributed by atoms with Gasteiger partial charge in [0.1, 0.15) is 0 Å². The SMILES string of the molecule is COC(=O)CCSc1ccc(CNCC(C)C)c(Br)c1. The van der Waals surface area contributed by atoms with Crippen LogP contribution in [0, 0.1) is 5.92 Å². The first-order valence-electron chi connectivity index (χ1n) is 6.71. The van der Waals surface area contributed by atoms with Crippen LogP contribution < -0.4 is 5.32 Å². The van der Waals surface area contributed by atoms with Crippen LogP contribution >= 0.6 is 27.7 Å². The number of thioether (sulfide) groups is 1. The molecular formula is C15H22BrNO2S. The molecule has 0 saturated carbocycles. The van der Waals surface area contributed by atoms with Crippen molar-refractivity contribution in [3.63, 3.8) is 0 Å². The van der Waals surface area contributed by atoms with Crippen LogP contribution in [-0.4, -0.2) is 25.4 Å². The van der Waals surface area contributed by atoms with Crippen molar-refractivity contribution in [2.75, 3.05) is 19.4 Å². The third kappa shape index (κ3) is 6.77. The van der Waals surface area contributed by atoms with Crippen LogP contribution in [0.5, 0.6) is 0 Å². The Morgan fingerprint density at radius 3 is 2.80 bits per heavy atom. The topological polar surface area (TPSA) is 38.3 Å². The fourth-order valence-corrected chi connectivity index (χ4v) is 3.15. The van der Waals surface area contributed by atoms with E-state index in [0.29, 0.717) is 12.3 Å². The third-order valence-corrected chi connectivity index (χ3v) is 4.43. The monoisotopic (exact) mass is 359 g/mol. The molecule has 1 N–H and O–H groups in total. The summed E-state index contributed by atoms with van der Waals surface area (Å²) in [5.41, 5.74) is 1.25. The molecule has 112 valence electrons. The highest BCUT2D eigenvalue weighted by molar-refractivity contribution is 9.10. The predicted octanol–water partition coefficient (Wildman–Crippen LogP) is 3.85. The van der Waals surface area contributed by atoms with Crippen molar-refractivity contribution in [3.05, 3.63) is 28.2 Å². The highest BCUT2D eigenvalue weighted by Crippen LogP contribution is 2.26. The van der Waals surface area contributed by atoms with Crippen molar-refractivity contribution in [2.45, 2.75) is 31.7 Å². The minimum absolute atomic E-state index is 0.161. The summed E-state index contributed by atoms with van der Waals surface area (Å²) in [5, 5.41) is 3.43. The molecule has 0 aliphatic carbocycles. The molecule has 0 heterocycles. The van der Waals surface area contributed by atoms with Crippen molar-refractivity contribution in [2.24, 2.45) is 5.92 Å². The molecule has 3 nitrogen and oxygen atoms in total. The molecule has 0 saturated heterocycles. The summed E-state index contributed by atoms with van der Waals surface area (Å²) >= 11 is 5.27. The van der Waals surface area contributed by atoms with Gasteiger partial charge in [0.2, 0.25) is 0 Å². The molecule has 0 amide bonds. The number of methoxy groups -OCH3 is 1. The van der Waals surface area contributed by atoms with Crippen LogP contribution in [0.1, 0.15) is 25.8 Å². The summed E-state index contributed by atoms with van der Waals surface area (Å²) in [7, 11) is 1.42. The Morgan fingerprint density at radius 1 is 1.45 bits per heavy atom. The van der Waals surface area contributed by atoms with Crippen LogP contribution in [-0.2, 0) is 16.1 Å². The van der Waals surface area contributed by atoms with Crippen LogP contribution in [0.3, 0.4) is 0 Å². The molecule has 0 radical (unpaired) electrons. The highest BCUT2D eigenvalue weighted by atomic mass is 79.9. The number of rotatable bonds is 8.